The lowest BCUT2D eigenvalue weighted by Crippen LogP contribution is -2.38. The molecular formula is C21H23NO. The first kappa shape index (κ1) is 14.5. The Balaban J connectivity index is 1.74. The van der Waals surface area contributed by atoms with Crippen LogP contribution < -0.4 is 0 Å². The molecule has 1 saturated carbocycles. The van der Waals surface area contributed by atoms with Gasteiger partial charge in [0.15, 0.2) is 0 Å². The van der Waals surface area contributed by atoms with Gasteiger partial charge in [-0.25, -0.2) is 4.99 Å². The van der Waals surface area contributed by atoms with Crippen molar-refractivity contribution in [2.24, 2.45) is 10.9 Å². The summed E-state index contributed by atoms with van der Waals surface area (Å²) >= 11 is 0. The highest BCUT2D eigenvalue weighted by Crippen LogP contribution is 2.42. The summed E-state index contributed by atoms with van der Waals surface area (Å²) in [6.45, 7) is 2.13. The topological polar surface area (TPSA) is 21.6 Å². The number of benzene rings is 2. The van der Waals surface area contributed by atoms with Crippen molar-refractivity contribution < 1.29 is 4.74 Å². The number of nitrogens with zero attached hydrogens (tertiary/aromatic N) is 1. The van der Waals surface area contributed by atoms with Gasteiger partial charge in [0.1, 0.15) is 6.10 Å². The average Bonchev–Trinajstić information content (AvgIpc) is 2.62. The van der Waals surface area contributed by atoms with Gasteiger partial charge in [-0.2, -0.15) is 0 Å². The standard InChI is InChI=1S/C21H23NO/c1-15-11-13-16(14-12-15)20-18-9-5-6-10-19(18)23-21(22-20)17-7-3-2-4-8-17/h2-4,7-8,11-14,18-20H,5-6,9-10H2,1H3/t18-,19+,20+/m0/s1. The van der Waals surface area contributed by atoms with E-state index in [-0.39, 0.29) is 6.04 Å². The second-order valence-electron chi connectivity index (χ2n) is 6.76. The van der Waals surface area contributed by atoms with Gasteiger partial charge < -0.3 is 4.74 Å². The summed E-state index contributed by atoms with van der Waals surface area (Å²) in [5, 5.41) is 0. The number of aliphatic imine (C=N–C) groups is 1. The predicted molar refractivity (Wildman–Crippen MR) is 93.7 cm³/mol. The molecule has 1 aliphatic heterocycles. The summed E-state index contributed by atoms with van der Waals surface area (Å²) in [7, 11) is 0. The quantitative estimate of drug-likeness (QED) is 0.759. The zero-order valence-electron chi connectivity index (χ0n) is 13.6. The highest BCUT2D eigenvalue weighted by molar-refractivity contribution is 5.94. The first-order valence-electron chi connectivity index (χ1n) is 8.68. The van der Waals surface area contributed by atoms with Crippen molar-refractivity contribution in [3.05, 3.63) is 71.3 Å². The monoisotopic (exact) mass is 305 g/mol. The average molecular weight is 305 g/mol. The lowest BCUT2D eigenvalue weighted by atomic mass is 9.78. The number of fused-ring (bicyclic) bond motifs is 1. The van der Waals surface area contributed by atoms with Gasteiger partial charge >= 0.3 is 0 Å². The molecule has 0 bridgehead atoms. The summed E-state index contributed by atoms with van der Waals surface area (Å²) in [5.74, 6) is 1.33. The van der Waals surface area contributed by atoms with Crippen molar-refractivity contribution in [2.45, 2.75) is 44.8 Å². The molecule has 2 aromatic rings. The Kier molecular flexibility index (Phi) is 3.90. The molecule has 0 unspecified atom stereocenters. The molecule has 1 heterocycles. The van der Waals surface area contributed by atoms with Crippen LogP contribution >= 0.6 is 0 Å². The molecule has 2 aromatic carbocycles. The van der Waals surface area contributed by atoms with E-state index < -0.39 is 0 Å². The van der Waals surface area contributed by atoms with Gasteiger partial charge in [-0.1, -0.05) is 54.4 Å². The largest absolute Gasteiger partial charge is 0.474 e. The van der Waals surface area contributed by atoms with Crippen LogP contribution in [-0.4, -0.2) is 12.0 Å². The number of ether oxygens (including phenoxy) is 1. The third-order valence-electron chi connectivity index (χ3n) is 5.12. The van der Waals surface area contributed by atoms with Crippen molar-refractivity contribution in [3.8, 4) is 0 Å². The highest BCUT2D eigenvalue weighted by atomic mass is 16.5. The molecule has 0 N–H and O–H groups in total. The maximum Gasteiger partial charge on any atom is 0.216 e. The van der Waals surface area contributed by atoms with Crippen molar-refractivity contribution in [2.75, 3.05) is 0 Å². The molecule has 118 valence electrons. The summed E-state index contributed by atoms with van der Waals surface area (Å²) in [6.07, 6.45) is 5.24. The molecule has 4 rings (SSSR count). The van der Waals surface area contributed by atoms with Gasteiger partial charge in [-0.3, -0.25) is 0 Å². The van der Waals surface area contributed by atoms with Crippen LogP contribution in [0.15, 0.2) is 59.6 Å². The third-order valence-corrected chi connectivity index (χ3v) is 5.12. The Morgan fingerprint density at radius 3 is 2.43 bits per heavy atom. The van der Waals surface area contributed by atoms with E-state index in [0.717, 1.165) is 17.9 Å². The van der Waals surface area contributed by atoms with Crippen molar-refractivity contribution in [3.63, 3.8) is 0 Å². The van der Waals surface area contributed by atoms with Gasteiger partial charge in [0.05, 0.1) is 6.04 Å². The molecule has 0 aromatic heterocycles. The number of hydrogen-bond donors (Lipinski definition) is 0. The van der Waals surface area contributed by atoms with E-state index in [1.807, 2.05) is 6.07 Å². The van der Waals surface area contributed by atoms with Gasteiger partial charge in [0.2, 0.25) is 5.90 Å². The molecule has 23 heavy (non-hydrogen) atoms. The highest BCUT2D eigenvalue weighted by Gasteiger charge is 2.38. The van der Waals surface area contributed by atoms with Gasteiger partial charge in [0, 0.05) is 11.5 Å². The van der Waals surface area contributed by atoms with Gasteiger partial charge in [-0.05, 0) is 43.9 Å². The molecule has 2 aliphatic rings. The Labute approximate surface area is 138 Å². The van der Waals surface area contributed by atoms with Crippen LogP contribution in [0.4, 0.5) is 0 Å². The van der Waals surface area contributed by atoms with Gasteiger partial charge in [-0.15, -0.1) is 0 Å². The molecule has 2 nitrogen and oxygen atoms in total. The Morgan fingerprint density at radius 1 is 0.913 bits per heavy atom. The van der Waals surface area contributed by atoms with Crippen molar-refractivity contribution >= 4 is 5.90 Å². The van der Waals surface area contributed by atoms with Crippen molar-refractivity contribution in [1.82, 2.24) is 0 Å². The van der Waals surface area contributed by atoms with Gasteiger partial charge in [0.25, 0.3) is 0 Å². The molecule has 0 saturated heterocycles. The lowest BCUT2D eigenvalue weighted by molar-refractivity contribution is 0.0501. The minimum Gasteiger partial charge on any atom is -0.474 e. The second kappa shape index (κ2) is 6.19. The molecule has 3 atom stereocenters. The molecule has 1 aliphatic carbocycles. The summed E-state index contributed by atoms with van der Waals surface area (Å²) in [6, 6.07) is 19.4. The molecule has 2 heteroatoms. The van der Waals surface area contributed by atoms with E-state index in [9.17, 15) is 0 Å². The first-order chi connectivity index (χ1) is 11.3. The van der Waals surface area contributed by atoms with Crippen LogP contribution in [0.3, 0.4) is 0 Å². The fourth-order valence-corrected chi connectivity index (χ4v) is 3.84. The number of aryl methyl sites for hydroxylation is 1. The zero-order chi connectivity index (χ0) is 15.6. The summed E-state index contributed by atoms with van der Waals surface area (Å²) in [5.41, 5.74) is 3.71. The molecule has 0 spiro atoms. The number of rotatable bonds is 2. The Bertz CT molecular complexity index is 690. The predicted octanol–water partition coefficient (Wildman–Crippen LogP) is 5.07. The second-order valence-corrected chi connectivity index (χ2v) is 6.76. The van der Waals surface area contributed by atoms with Crippen LogP contribution in [0.5, 0.6) is 0 Å². The van der Waals surface area contributed by atoms with Crippen LogP contribution in [0.25, 0.3) is 0 Å². The SMILES string of the molecule is Cc1ccc([C@H]2N=C(c3ccccc3)O[C@@H]3CCCC[C@H]23)cc1. The molecular weight excluding hydrogens is 282 g/mol. The summed E-state index contributed by atoms with van der Waals surface area (Å²) < 4.78 is 6.30. The van der Waals surface area contributed by atoms with E-state index in [1.54, 1.807) is 0 Å². The van der Waals surface area contributed by atoms with Crippen LogP contribution in [-0.2, 0) is 4.74 Å². The van der Waals surface area contributed by atoms with E-state index in [2.05, 4.69) is 55.5 Å². The fourth-order valence-electron chi connectivity index (χ4n) is 3.84. The number of hydrogen-bond acceptors (Lipinski definition) is 2. The van der Waals surface area contributed by atoms with Crippen LogP contribution in [0, 0.1) is 12.8 Å². The van der Waals surface area contributed by atoms with Crippen LogP contribution in [0.2, 0.25) is 0 Å². The van der Waals surface area contributed by atoms with Crippen LogP contribution in [0.1, 0.15) is 48.4 Å². The molecule has 0 amide bonds. The Morgan fingerprint density at radius 2 is 1.65 bits per heavy atom. The normalized spacial score (nSPS) is 26.8. The Hall–Kier alpha value is -2.09. The maximum absolute atomic E-state index is 6.30. The minimum absolute atomic E-state index is 0.227. The smallest absolute Gasteiger partial charge is 0.216 e. The van der Waals surface area contributed by atoms with E-state index >= 15 is 0 Å². The summed E-state index contributed by atoms with van der Waals surface area (Å²) in [4.78, 5) is 5.03. The lowest BCUT2D eigenvalue weighted by Gasteiger charge is -2.39. The van der Waals surface area contributed by atoms with Crippen molar-refractivity contribution in [1.29, 1.82) is 0 Å². The fraction of sp³-hybridized carbons (Fsp3) is 0.381. The van der Waals surface area contributed by atoms with E-state index in [0.29, 0.717) is 12.0 Å². The maximum atomic E-state index is 6.30. The third kappa shape index (κ3) is 2.90. The minimum atomic E-state index is 0.227. The zero-order valence-corrected chi connectivity index (χ0v) is 13.6. The van der Waals surface area contributed by atoms with E-state index in [1.165, 1.54) is 30.4 Å². The first-order valence-corrected chi connectivity index (χ1v) is 8.68. The molecule has 0 radical (unpaired) electrons. The molecule has 1 fully saturated rings. The van der Waals surface area contributed by atoms with E-state index in [4.69, 9.17) is 9.73 Å².